The van der Waals surface area contributed by atoms with Gasteiger partial charge in [0.1, 0.15) is 5.75 Å². The van der Waals surface area contributed by atoms with Gasteiger partial charge in [0, 0.05) is 12.2 Å². The van der Waals surface area contributed by atoms with Crippen molar-refractivity contribution in [1.29, 1.82) is 0 Å². The molecule has 2 N–H and O–H groups in total. The van der Waals surface area contributed by atoms with Crippen molar-refractivity contribution in [3.63, 3.8) is 0 Å². The fraction of sp³-hybridized carbons (Fsp3) is 0.600. The molecule has 1 fully saturated rings. The third-order valence-corrected chi connectivity index (χ3v) is 4.07. The highest BCUT2D eigenvalue weighted by Crippen LogP contribution is 2.29. The predicted octanol–water partition coefficient (Wildman–Crippen LogP) is 3.70. The number of aliphatic hydroxyl groups is 1. The number of halogens is 1. The first-order valence-electron chi connectivity index (χ1n) is 6.94. The van der Waals surface area contributed by atoms with E-state index in [4.69, 9.17) is 16.3 Å². The van der Waals surface area contributed by atoms with E-state index in [1.54, 1.807) is 7.11 Å². The molecule has 1 aromatic carbocycles. The Balaban J connectivity index is 1.79. The summed E-state index contributed by atoms with van der Waals surface area (Å²) >= 11 is 6.05. The molecular weight excluding hydrogens is 262 g/mol. The number of benzene rings is 1. The molecule has 0 aliphatic heterocycles. The first kappa shape index (κ1) is 14.5. The summed E-state index contributed by atoms with van der Waals surface area (Å²) in [5.41, 5.74) is 0.913. The van der Waals surface area contributed by atoms with Crippen LogP contribution in [0.5, 0.6) is 5.75 Å². The number of anilines is 1. The first-order chi connectivity index (χ1) is 9.19. The average molecular weight is 284 g/mol. The maximum absolute atomic E-state index is 10.0. The molecule has 1 aromatic rings. The van der Waals surface area contributed by atoms with Gasteiger partial charge >= 0.3 is 0 Å². The van der Waals surface area contributed by atoms with Crippen LogP contribution in [-0.4, -0.2) is 24.9 Å². The van der Waals surface area contributed by atoms with Crippen LogP contribution in [0, 0.1) is 5.92 Å². The van der Waals surface area contributed by atoms with Crippen LogP contribution in [0.2, 0.25) is 5.02 Å². The van der Waals surface area contributed by atoms with E-state index in [0.717, 1.165) is 12.1 Å². The zero-order valence-electron chi connectivity index (χ0n) is 11.4. The number of nitrogens with one attached hydrogen (secondary N) is 1. The van der Waals surface area contributed by atoms with Crippen LogP contribution in [0.3, 0.4) is 0 Å². The van der Waals surface area contributed by atoms with Crippen LogP contribution >= 0.6 is 11.6 Å². The van der Waals surface area contributed by atoms with Crippen molar-refractivity contribution in [2.45, 2.75) is 38.2 Å². The molecule has 1 atom stereocenters. The lowest BCUT2D eigenvalue weighted by molar-refractivity contribution is 0.155. The number of ether oxygens (including phenoxy) is 1. The standard InChI is InChI=1S/C15H22ClNO2/c1-19-15-7-6-12(9-14(15)16)17-10-13(18)8-11-4-2-3-5-11/h6-7,9,11,13,17-18H,2-5,8,10H2,1H3. The van der Waals surface area contributed by atoms with Crippen LogP contribution in [-0.2, 0) is 0 Å². The summed E-state index contributed by atoms with van der Waals surface area (Å²) in [6.07, 6.45) is 5.79. The Bertz CT molecular complexity index is 405. The molecule has 1 saturated carbocycles. The van der Waals surface area contributed by atoms with Crippen molar-refractivity contribution in [3.05, 3.63) is 23.2 Å². The van der Waals surface area contributed by atoms with Gasteiger partial charge in [-0.2, -0.15) is 0 Å². The van der Waals surface area contributed by atoms with Gasteiger partial charge in [0.05, 0.1) is 18.2 Å². The second-order valence-electron chi connectivity index (χ2n) is 5.27. The molecule has 19 heavy (non-hydrogen) atoms. The third-order valence-electron chi connectivity index (χ3n) is 3.77. The van der Waals surface area contributed by atoms with Crippen molar-refractivity contribution in [2.75, 3.05) is 19.0 Å². The lowest BCUT2D eigenvalue weighted by atomic mass is 10.00. The highest BCUT2D eigenvalue weighted by molar-refractivity contribution is 6.32. The van der Waals surface area contributed by atoms with Crippen molar-refractivity contribution in [1.82, 2.24) is 0 Å². The van der Waals surface area contributed by atoms with E-state index < -0.39 is 0 Å². The number of rotatable bonds is 6. The minimum atomic E-state index is -0.288. The van der Waals surface area contributed by atoms with E-state index in [1.165, 1.54) is 25.7 Å². The van der Waals surface area contributed by atoms with Gasteiger partial charge in [-0.1, -0.05) is 37.3 Å². The Morgan fingerprint density at radius 3 is 2.79 bits per heavy atom. The van der Waals surface area contributed by atoms with E-state index in [1.807, 2.05) is 18.2 Å². The Kier molecular flexibility index (Phi) is 5.34. The van der Waals surface area contributed by atoms with Gasteiger partial charge in [0.2, 0.25) is 0 Å². The highest BCUT2D eigenvalue weighted by Gasteiger charge is 2.18. The van der Waals surface area contributed by atoms with Gasteiger partial charge in [-0.05, 0) is 30.5 Å². The molecule has 0 amide bonds. The Morgan fingerprint density at radius 2 is 2.16 bits per heavy atom. The van der Waals surface area contributed by atoms with Gasteiger partial charge in [0.25, 0.3) is 0 Å². The number of aliphatic hydroxyl groups excluding tert-OH is 1. The zero-order chi connectivity index (χ0) is 13.7. The first-order valence-corrected chi connectivity index (χ1v) is 7.32. The molecule has 106 valence electrons. The molecule has 0 aromatic heterocycles. The SMILES string of the molecule is COc1ccc(NCC(O)CC2CCCC2)cc1Cl. The zero-order valence-corrected chi connectivity index (χ0v) is 12.1. The largest absolute Gasteiger partial charge is 0.495 e. The normalized spacial score (nSPS) is 17.4. The monoisotopic (exact) mass is 283 g/mol. The van der Waals surface area contributed by atoms with Crippen molar-refractivity contribution in [3.8, 4) is 5.75 Å². The molecule has 1 aliphatic rings. The van der Waals surface area contributed by atoms with Gasteiger partial charge in [-0.3, -0.25) is 0 Å². The topological polar surface area (TPSA) is 41.5 Å². The summed E-state index contributed by atoms with van der Waals surface area (Å²) in [5, 5.41) is 13.8. The molecule has 1 aliphatic carbocycles. The predicted molar refractivity (Wildman–Crippen MR) is 79.1 cm³/mol. The Hall–Kier alpha value is -0.930. The minimum absolute atomic E-state index is 0.288. The number of hydrogen-bond donors (Lipinski definition) is 2. The lowest BCUT2D eigenvalue weighted by Gasteiger charge is -2.17. The Morgan fingerprint density at radius 1 is 1.42 bits per heavy atom. The lowest BCUT2D eigenvalue weighted by Crippen LogP contribution is -2.22. The minimum Gasteiger partial charge on any atom is -0.495 e. The van der Waals surface area contributed by atoms with Crippen LogP contribution in [0.1, 0.15) is 32.1 Å². The van der Waals surface area contributed by atoms with Crippen molar-refractivity contribution >= 4 is 17.3 Å². The van der Waals surface area contributed by atoms with E-state index in [2.05, 4.69) is 5.32 Å². The summed E-state index contributed by atoms with van der Waals surface area (Å²) in [6, 6.07) is 5.56. The fourth-order valence-corrected chi connectivity index (χ4v) is 2.98. The van der Waals surface area contributed by atoms with Crippen LogP contribution in [0.15, 0.2) is 18.2 Å². The van der Waals surface area contributed by atoms with Gasteiger partial charge < -0.3 is 15.2 Å². The quantitative estimate of drug-likeness (QED) is 0.836. The highest BCUT2D eigenvalue weighted by atomic mass is 35.5. The van der Waals surface area contributed by atoms with Crippen molar-refractivity contribution < 1.29 is 9.84 Å². The third kappa shape index (κ3) is 4.29. The summed E-state index contributed by atoms with van der Waals surface area (Å²) in [6.45, 7) is 0.569. The van der Waals surface area contributed by atoms with E-state index in [9.17, 15) is 5.11 Å². The van der Waals surface area contributed by atoms with Crippen LogP contribution in [0.25, 0.3) is 0 Å². The summed E-state index contributed by atoms with van der Waals surface area (Å²) in [5.74, 6) is 1.37. The van der Waals surface area contributed by atoms with Crippen LogP contribution < -0.4 is 10.1 Å². The molecule has 1 unspecified atom stereocenters. The second-order valence-corrected chi connectivity index (χ2v) is 5.68. The average Bonchev–Trinajstić information content (AvgIpc) is 2.89. The molecule has 0 radical (unpaired) electrons. The molecule has 0 bridgehead atoms. The maximum atomic E-state index is 10.0. The second kappa shape index (κ2) is 7.01. The van der Waals surface area contributed by atoms with Gasteiger partial charge in [0.15, 0.2) is 0 Å². The summed E-state index contributed by atoms with van der Waals surface area (Å²) in [7, 11) is 1.60. The van der Waals surface area contributed by atoms with Gasteiger partial charge in [-0.15, -0.1) is 0 Å². The van der Waals surface area contributed by atoms with E-state index >= 15 is 0 Å². The summed E-state index contributed by atoms with van der Waals surface area (Å²) < 4.78 is 5.11. The Labute approximate surface area is 119 Å². The van der Waals surface area contributed by atoms with Crippen molar-refractivity contribution in [2.24, 2.45) is 5.92 Å². The smallest absolute Gasteiger partial charge is 0.137 e. The molecular formula is C15H22ClNO2. The van der Waals surface area contributed by atoms with Gasteiger partial charge in [-0.25, -0.2) is 0 Å². The fourth-order valence-electron chi connectivity index (χ4n) is 2.73. The maximum Gasteiger partial charge on any atom is 0.137 e. The number of methoxy groups -OCH3 is 1. The summed E-state index contributed by atoms with van der Waals surface area (Å²) in [4.78, 5) is 0. The van der Waals surface area contributed by atoms with E-state index in [0.29, 0.717) is 23.2 Å². The number of hydrogen-bond acceptors (Lipinski definition) is 3. The molecule has 0 saturated heterocycles. The van der Waals surface area contributed by atoms with E-state index in [-0.39, 0.29) is 6.10 Å². The molecule has 3 nitrogen and oxygen atoms in total. The molecule has 0 spiro atoms. The molecule has 2 rings (SSSR count). The van der Waals surface area contributed by atoms with Crippen LogP contribution in [0.4, 0.5) is 5.69 Å². The molecule has 4 heteroatoms. The molecule has 0 heterocycles.